The van der Waals surface area contributed by atoms with Gasteiger partial charge in [0.2, 0.25) is 0 Å². The number of nitrogens with zero attached hydrogens (tertiary/aromatic N) is 1. The van der Waals surface area contributed by atoms with Crippen molar-refractivity contribution < 1.29 is 4.74 Å². The summed E-state index contributed by atoms with van der Waals surface area (Å²) in [5.74, 6) is 0.901. The van der Waals surface area contributed by atoms with Gasteiger partial charge in [-0.2, -0.15) is 0 Å². The lowest BCUT2D eigenvalue weighted by Gasteiger charge is -2.15. The molecule has 3 rings (SSSR count). The Labute approximate surface area is 136 Å². The fourth-order valence-electron chi connectivity index (χ4n) is 2.85. The fourth-order valence-corrected chi connectivity index (χ4v) is 3.03. The molecule has 0 amide bonds. The fraction of sp³-hybridized carbons (Fsp3) is 0.263. The Balaban J connectivity index is 1.94. The molecular weight excluding hydrogens is 294 g/mol. The predicted octanol–water partition coefficient (Wildman–Crippen LogP) is 5.76. The molecule has 0 saturated carbocycles. The molecule has 3 heteroatoms. The third-order valence-corrected chi connectivity index (χ3v) is 4.01. The van der Waals surface area contributed by atoms with Crippen LogP contribution in [-0.2, 0) is 6.61 Å². The van der Waals surface area contributed by atoms with Crippen molar-refractivity contribution in [2.45, 2.75) is 33.4 Å². The van der Waals surface area contributed by atoms with E-state index in [9.17, 15) is 0 Å². The second-order valence-corrected chi connectivity index (χ2v) is 6.34. The third-order valence-electron chi connectivity index (χ3n) is 3.77. The number of halogens is 1. The highest BCUT2D eigenvalue weighted by atomic mass is 35.5. The van der Waals surface area contributed by atoms with E-state index in [1.54, 1.807) is 0 Å². The van der Waals surface area contributed by atoms with Crippen LogP contribution in [0.3, 0.4) is 0 Å². The highest BCUT2D eigenvalue weighted by Crippen LogP contribution is 2.27. The number of aryl methyl sites for hydroxylation is 1. The number of ether oxygens (including phenoxy) is 1. The zero-order valence-electron chi connectivity index (χ0n) is 13.1. The van der Waals surface area contributed by atoms with Crippen LogP contribution in [0.1, 0.15) is 31.1 Å². The van der Waals surface area contributed by atoms with Crippen molar-refractivity contribution in [1.82, 2.24) is 4.57 Å². The summed E-state index contributed by atoms with van der Waals surface area (Å²) in [5.41, 5.74) is 3.56. The van der Waals surface area contributed by atoms with E-state index in [4.69, 9.17) is 16.3 Å². The quantitative estimate of drug-likeness (QED) is 0.597. The summed E-state index contributed by atoms with van der Waals surface area (Å²) in [4.78, 5) is 0. The number of benzene rings is 2. The van der Waals surface area contributed by atoms with Crippen molar-refractivity contribution in [3.63, 3.8) is 0 Å². The van der Waals surface area contributed by atoms with E-state index in [-0.39, 0.29) is 0 Å². The van der Waals surface area contributed by atoms with E-state index in [0.717, 1.165) is 21.9 Å². The van der Waals surface area contributed by atoms with Crippen molar-refractivity contribution in [3.8, 4) is 5.75 Å². The smallest absolute Gasteiger partial charge is 0.128 e. The third kappa shape index (κ3) is 2.97. The maximum Gasteiger partial charge on any atom is 0.128 e. The van der Waals surface area contributed by atoms with Gasteiger partial charge in [-0.25, -0.2) is 0 Å². The van der Waals surface area contributed by atoms with Crippen LogP contribution in [0.15, 0.2) is 48.5 Å². The van der Waals surface area contributed by atoms with Crippen molar-refractivity contribution in [1.29, 1.82) is 0 Å². The molecule has 0 saturated heterocycles. The molecule has 114 valence electrons. The summed E-state index contributed by atoms with van der Waals surface area (Å²) in [5, 5.41) is 1.92. The molecule has 0 radical (unpaired) electrons. The van der Waals surface area contributed by atoms with Crippen molar-refractivity contribution in [3.05, 3.63) is 64.8 Å². The van der Waals surface area contributed by atoms with Gasteiger partial charge in [-0.3, -0.25) is 0 Å². The van der Waals surface area contributed by atoms with Crippen molar-refractivity contribution >= 4 is 22.5 Å². The summed E-state index contributed by atoms with van der Waals surface area (Å²) < 4.78 is 8.28. The van der Waals surface area contributed by atoms with E-state index in [0.29, 0.717) is 12.6 Å². The molecule has 0 fully saturated rings. The maximum atomic E-state index is 6.11. The molecule has 22 heavy (non-hydrogen) atoms. The molecule has 2 aromatic carbocycles. The Kier molecular flexibility index (Phi) is 4.12. The zero-order chi connectivity index (χ0) is 15.7. The van der Waals surface area contributed by atoms with Gasteiger partial charge >= 0.3 is 0 Å². The monoisotopic (exact) mass is 313 g/mol. The molecule has 0 bridgehead atoms. The van der Waals surface area contributed by atoms with Gasteiger partial charge in [0.05, 0.1) is 5.69 Å². The van der Waals surface area contributed by atoms with Crippen LogP contribution in [-0.4, -0.2) is 4.57 Å². The first kappa shape index (κ1) is 15.0. The van der Waals surface area contributed by atoms with E-state index in [1.165, 1.54) is 11.1 Å². The normalized spacial score (nSPS) is 11.3. The number of hydrogen-bond donors (Lipinski definition) is 0. The van der Waals surface area contributed by atoms with E-state index >= 15 is 0 Å². The van der Waals surface area contributed by atoms with Crippen LogP contribution >= 0.6 is 11.6 Å². The van der Waals surface area contributed by atoms with Crippen LogP contribution in [0.4, 0.5) is 0 Å². The molecule has 0 unspecified atom stereocenters. The van der Waals surface area contributed by atoms with Gasteiger partial charge in [-0.1, -0.05) is 23.7 Å². The molecule has 1 heterocycles. The van der Waals surface area contributed by atoms with Gasteiger partial charge < -0.3 is 9.30 Å². The van der Waals surface area contributed by atoms with E-state index in [1.807, 2.05) is 24.3 Å². The van der Waals surface area contributed by atoms with Crippen molar-refractivity contribution in [2.75, 3.05) is 0 Å². The average molecular weight is 314 g/mol. The van der Waals surface area contributed by atoms with Gasteiger partial charge in [0, 0.05) is 22.0 Å². The van der Waals surface area contributed by atoms with Crippen LogP contribution in [0.25, 0.3) is 10.9 Å². The Hall–Kier alpha value is -1.93. The number of hydrogen-bond acceptors (Lipinski definition) is 1. The molecule has 0 aliphatic carbocycles. The SMILES string of the molecule is Cc1cccc(OCc2cc3cc(Cl)ccc3n2C(C)C)c1. The van der Waals surface area contributed by atoms with Crippen LogP contribution in [0.2, 0.25) is 5.02 Å². The second-order valence-electron chi connectivity index (χ2n) is 5.91. The summed E-state index contributed by atoms with van der Waals surface area (Å²) in [6, 6.07) is 16.7. The minimum Gasteiger partial charge on any atom is -0.487 e. The van der Waals surface area contributed by atoms with Gasteiger partial charge in [-0.15, -0.1) is 0 Å². The predicted molar refractivity (Wildman–Crippen MR) is 92.8 cm³/mol. The number of fused-ring (bicyclic) bond motifs is 1. The van der Waals surface area contributed by atoms with Crippen LogP contribution in [0.5, 0.6) is 5.75 Å². The highest BCUT2D eigenvalue weighted by molar-refractivity contribution is 6.31. The summed E-state index contributed by atoms with van der Waals surface area (Å²) in [6.45, 7) is 6.99. The van der Waals surface area contributed by atoms with Crippen LogP contribution in [0, 0.1) is 6.92 Å². The summed E-state index contributed by atoms with van der Waals surface area (Å²) >= 11 is 6.11. The van der Waals surface area contributed by atoms with E-state index < -0.39 is 0 Å². The Morgan fingerprint density at radius 1 is 1.09 bits per heavy atom. The Morgan fingerprint density at radius 3 is 2.64 bits per heavy atom. The lowest BCUT2D eigenvalue weighted by atomic mass is 10.2. The van der Waals surface area contributed by atoms with Crippen LogP contribution < -0.4 is 4.74 Å². The molecule has 0 N–H and O–H groups in total. The topological polar surface area (TPSA) is 14.2 Å². The Bertz CT molecular complexity index is 804. The minimum atomic E-state index is 0.370. The number of aromatic nitrogens is 1. The standard InChI is InChI=1S/C19H20ClNO/c1-13(2)21-17(11-15-10-16(20)7-8-19(15)21)12-22-18-6-4-5-14(3)9-18/h4-11,13H,12H2,1-3H3. The molecule has 0 aliphatic heterocycles. The molecular formula is C19H20ClNO. The average Bonchev–Trinajstić information content (AvgIpc) is 2.82. The highest BCUT2D eigenvalue weighted by Gasteiger charge is 2.12. The number of rotatable bonds is 4. The first-order valence-corrected chi connectivity index (χ1v) is 7.91. The largest absolute Gasteiger partial charge is 0.487 e. The zero-order valence-corrected chi connectivity index (χ0v) is 13.9. The Morgan fingerprint density at radius 2 is 1.91 bits per heavy atom. The minimum absolute atomic E-state index is 0.370. The molecule has 0 aliphatic rings. The molecule has 3 aromatic rings. The first-order valence-electron chi connectivity index (χ1n) is 7.53. The first-order chi connectivity index (χ1) is 10.5. The van der Waals surface area contributed by atoms with Crippen molar-refractivity contribution in [2.24, 2.45) is 0 Å². The van der Waals surface area contributed by atoms with Gasteiger partial charge in [0.1, 0.15) is 12.4 Å². The van der Waals surface area contributed by atoms with Gasteiger partial charge in [0.25, 0.3) is 0 Å². The molecule has 0 spiro atoms. The summed E-state index contributed by atoms with van der Waals surface area (Å²) in [7, 11) is 0. The van der Waals surface area contributed by atoms with E-state index in [2.05, 4.69) is 49.6 Å². The second kappa shape index (κ2) is 6.05. The molecule has 0 atom stereocenters. The lowest BCUT2D eigenvalue weighted by Crippen LogP contribution is -2.08. The van der Waals surface area contributed by atoms with Gasteiger partial charge in [0.15, 0.2) is 0 Å². The molecule has 1 aromatic heterocycles. The maximum absolute atomic E-state index is 6.11. The summed E-state index contributed by atoms with van der Waals surface area (Å²) in [6.07, 6.45) is 0. The lowest BCUT2D eigenvalue weighted by molar-refractivity contribution is 0.293. The molecule has 2 nitrogen and oxygen atoms in total. The van der Waals surface area contributed by atoms with Gasteiger partial charge in [-0.05, 0) is 62.7 Å².